The zero-order chi connectivity index (χ0) is 10.2. The van der Waals surface area contributed by atoms with E-state index in [4.69, 9.17) is 17.3 Å². The minimum Gasteiger partial charge on any atom is -0.744 e. The van der Waals surface area contributed by atoms with Gasteiger partial charge in [-0.3, -0.25) is 0 Å². The maximum Gasteiger partial charge on any atom is 1.00 e. The van der Waals surface area contributed by atoms with Crippen LogP contribution >= 0.6 is 11.6 Å². The van der Waals surface area contributed by atoms with Gasteiger partial charge in [-0.25, -0.2) is 8.42 Å². The molecule has 0 radical (unpaired) electrons. The fourth-order valence-electron chi connectivity index (χ4n) is 0.895. The summed E-state index contributed by atoms with van der Waals surface area (Å²) in [5.41, 5.74) is 5.73. The van der Waals surface area contributed by atoms with Crippen molar-refractivity contribution in [1.29, 1.82) is 0 Å². The van der Waals surface area contributed by atoms with Crippen molar-refractivity contribution in [1.82, 2.24) is 0 Å². The molecule has 0 aliphatic heterocycles. The Bertz CT molecular complexity index is 446. The number of hydrogen-bond acceptors (Lipinski definition) is 4. The smallest absolute Gasteiger partial charge is 0.744 e. The third-order valence-corrected chi connectivity index (χ3v) is 2.98. The van der Waals surface area contributed by atoms with E-state index in [2.05, 4.69) is 0 Å². The van der Waals surface area contributed by atoms with Crippen LogP contribution < -0.4 is 57.1 Å². The third kappa shape index (κ3) is 3.18. The van der Waals surface area contributed by atoms with Gasteiger partial charge in [0.05, 0.1) is 10.6 Å². The molecule has 0 heterocycles. The van der Waals surface area contributed by atoms with Crippen molar-refractivity contribution in [2.75, 3.05) is 5.73 Å². The first-order chi connectivity index (χ1) is 5.84. The van der Waals surface area contributed by atoms with Crippen LogP contribution in [-0.2, 0) is 10.1 Å². The summed E-state index contributed by atoms with van der Waals surface area (Å²) in [7, 11) is -4.51. The van der Waals surface area contributed by atoms with E-state index in [9.17, 15) is 13.0 Å². The van der Waals surface area contributed by atoms with Gasteiger partial charge >= 0.3 is 51.4 Å². The van der Waals surface area contributed by atoms with E-state index in [0.717, 1.165) is 6.07 Å². The minimum absolute atomic E-state index is 0. The Kier molecular flexibility index (Phi) is 5.59. The van der Waals surface area contributed by atoms with Gasteiger partial charge in [0.1, 0.15) is 10.1 Å². The molecule has 1 aromatic carbocycles. The molecule has 0 aliphatic rings. The van der Waals surface area contributed by atoms with E-state index in [1.165, 1.54) is 6.07 Å². The Labute approximate surface area is 130 Å². The first-order valence-electron chi connectivity index (χ1n) is 3.34. The second-order valence-electron chi connectivity index (χ2n) is 2.54. The molecular weight excluding hydrogens is 253 g/mol. The minimum atomic E-state index is -4.51. The molecule has 1 rings (SSSR count). The van der Waals surface area contributed by atoms with Gasteiger partial charge in [-0.2, -0.15) is 0 Å². The fourth-order valence-corrected chi connectivity index (χ4v) is 1.72. The van der Waals surface area contributed by atoms with Crippen LogP contribution in [0.2, 0.25) is 5.02 Å². The van der Waals surface area contributed by atoms with Gasteiger partial charge in [0, 0.05) is 5.02 Å². The van der Waals surface area contributed by atoms with E-state index in [-0.39, 0.29) is 57.1 Å². The van der Waals surface area contributed by atoms with Crippen LogP contribution in [0.3, 0.4) is 0 Å². The van der Waals surface area contributed by atoms with Crippen LogP contribution in [0.25, 0.3) is 0 Å². The topological polar surface area (TPSA) is 83.2 Å². The van der Waals surface area contributed by atoms with Crippen molar-refractivity contribution in [3.05, 3.63) is 22.7 Å². The van der Waals surface area contributed by atoms with Crippen molar-refractivity contribution < 1.29 is 64.4 Å². The Hall–Kier alpha value is 0.856. The van der Waals surface area contributed by atoms with E-state index in [1.54, 1.807) is 6.92 Å². The molecule has 0 saturated carbocycles. The van der Waals surface area contributed by atoms with Gasteiger partial charge < -0.3 is 10.3 Å². The van der Waals surface area contributed by atoms with Gasteiger partial charge in [0.25, 0.3) is 0 Å². The predicted molar refractivity (Wildman–Crippen MR) is 48.6 cm³/mol. The molecule has 0 unspecified atom stereocenters. The molecule has 7 heteroatoms. The van der Waals surface area contributed by atoms with E-state index in [0.29, 0.717) is 10.6 Å². The molecule has 4 nitrogen and oxygen atoms in total. The van der Waals surface area contributed by atoms with E-state index < -0.39 is 15.0 Å². The average molecular weight is 260 g/mol. The molecular formula is C7H7ClKNO3S. The zero-order valence-corrected chi connectivity index (χ0v) is 12.4. The summed E-state index contributed by atoms with van der Waals surface area (Å²) in [6.07, 6.45) is 0. The molecule has 0 aromatic heterocycles. The standard InChI is InChI=1S/C7H8ClNO3S.K/c1-4-5(8)2-3-6(7(4)9)13(10,11)12;/h2-3H,9H2,1H3,(H,10,11,12);/q;+1/p-1. The molecule has 0 fully saturated rings. The van der Waals surface area contributed by atoms with Crippen LogP contribution in [0.1, 0.15) is 5.56 Å². The maximum absolute atomic E-state index is 10.6. The monoisotopic (exact) mass is 259 g/mol. The van der Waals surface area contributed by atoms with Crippen LogP contribution in [0, 0.1) is 6.92 Å². The van der Waals surface area contributed by atoms with Crippen LogP contribution in [0.15, 0.2) is 17.0 Å². The van der Waals surface area contributed by atoms with Crippen molar-refractivity contribution >= 4 is 27.4 Å². The third-order valence-electron chi connectivity index (χ3n) is 1.68. The number of halogens is 1. The molecule has 72 valence electrons. The maximum atomic E-state index is 10.6. The molecule has 2 N–H and O–H groups in total. The predicted octanol–water partition coefficient (Wildman–Crippen LogP) is -1.86. The van der Waals surface area contributed by atoms with Crippen LogP contribution in [0.4, 0.5) is 5.69 Å². The van der Waals surface area contributed by atoms with Crippen molar-refractivity contribution in [3.8, 4) is 0 Å². The SMILES string of the molecule is Cc1c(Cl)ccc(S(=O)(=O)[O-])c1N.[K+]. The van der Waals surface area contributed by atoms with Gasteiger partial charge in [0.2, 0.25) is 0 Å². The first kappa shape index (κ1) is 14.9. The number of nitrogens with two attached hydrogens (primary N) is 1. The summed E-state index contributed by atoms with van der Waals surface area (Å²) in [6, 6.07) is 2.44. The number of nitrogen functional groups attached to an aromatic ring is 1. The summed E-state index contributed by atoms with van der Waals surface area (Å²) < 4.78 is 31.9. The Balaban J connectivity index is 0.00000169. The summed E-state index contributed by atoms with van der Waals surface area (Å²) >= 11 is 5.66. The molecule has 1 aromatic rings. The normalized spacial score (nSPS) is 10.8. The molecule has 0 aliphatic carbocycles. The molecule has 0 amide bonds. The summed E-state index contributed by atoms with van der Waals surface area (Å²) in [6.45, 7) is 1.55. The van der Waals surface area contributed by atoms with Gasteiger partial charge in [0.15, 0.2) is 0 Å². The number of rotatable bonds is 1. The second kappa shape index (κ2) is 5.27. The fraction of sp³-hybridized carbons (Fsp3) is 0.143. The molecule has 14 heavy (non-hydrogen) atoms. The zero-order valence-electron chi connectivity index (χ0n) is 7.74. The molecule has 0 atom stereocenters. The quantitative estimate of drug-likeness (QED) is 0.364. The van der Waals surface area contributed by atoms with Crippen molar-refractivity contribution in [2.24, 2.45) is 0 Å². The summed E-state index contributed by atoms with van der Waals surface area (Å²) in [5.74, 6) is 0. The molecule has 0 saturated heterocycles. The molecule has 0 spiro atoms. The summed E-state index contributed by atoms with van der Waals surface area (Å²) in [4.78, 5) is -0.422. The van der Waals surface area contributed by atoms with Crippen molar-refractivity contribution in [3.63, 3.8) is 0 Å². The summed E-state index contributed by atoms with van der Waals surface area (Å²) in [5, 5.41) is 0.338. The average Bonchev–Trinajstić information content (AvgIpc) is 1.98. The van der Waals surface area contributed by atoms with Crippen LogP contribution in [0.5, 0.6) is 0 Å². The largest absolute Gasteiger partial charge is 1.00 e. The van der Waals surface area contributed by atoms with E-state index >= 15 is 0 Å². The Morgan fingerprint density at radius 3 is 2.36 bits per heavy atom. The van der Waals surface area contributed by atoms with Crippen LogP contribution in [-0.4, -0.2) is 13.0 Å². The molecule has 0 bridgehead atoms. The number of hydrogen-bond donors (Lipinski definition) is 1. The van der Waals surface area contributed by atoms with Gasteiger partial charge in [-0.1, -0.05) is 11.6 Å². The number of benzene rings is 1. The first-order valence-corrected chi connectivity index (χ1v) is 5.13. The van der Waals surface area contributed by atoms with Gasteiger partial charge in [-0.05, 0) is 24.6 Å². The Morgan fingerprint density at radius 1 is 1.43 bits per heavy atom. The number of anilines is 1. The second-order valence-corrected chi connectivity index (χ2v) is 4.29. The van der Waals surface area contributed by atoms with Gasteiger partial charge in [-0.15, -0.1) is 0 Å². The Morgan fingerprint density at radius 2 is 1.93 bits per heavy atom. The van der Waals surface area contributed by atoms with Crippen molar-refractivity contribution in [2.45, 2.75) is 11.8 Å². The van der Waals surface area contributed by atoms with E-state index in [1.807, 2.05) is 0 Å².